The summed E-state index contributed by atoms with van der Waals surface area (Å²) in [4.78, 5) is 4.31. The highest BCUT2D eigenvalue weighted by atomic mass is 79.9. The normalized spacial score (nSPS) is 14.2. The zero-order valence-electron chi connectivity index (χ0n) is 11.5. The van der Waals surface area contributed by atoms with Gasteiger partial charge in [-0.25, -0.2) is 0 Å². The second-order valence-corrected chi connectivity index (χ2v) is 6.93. The summed E-state index contributed by atoms with van der Waals surface area (Å²) in [5.74, 6) is 0.871. The van der Waals surface area contributed by atoms with E-state index in [1.807, 2.05) is 24.3 Å². The number of nitrogens with one attached hydrogen (secondary N) is 1. The molecule has 2 aromatic rings. The van der Waals surface area contributed by atoms with E-state index in [2.05, 4.69) is 48.2 Å². The lowest BCUT2D eigenvalue weighted by atomic mass is 10.2. The number of ether oxygens (including phenoxy) is 1. The molecule has 0 spiro atoms. The summed E-state index contributed by atoms with van der Waals surface area (Å²) in [7, 11) is 0. The van der Waals surface area contributed by atoms with E-state index in [9.17, 15) is 0 Å². The molecular formula is C16H16Br2N2O. The van der Waals surface area contributed by atoms with Crippen molar-refractivity contribution in [2.45, 2.75) is 32.0 Å². The average Bonchev–Trinajstić information content (AvgIpc) is 3.31. The van der Waals surface area contributed by atoms with Crippen LogP contribution < -0.4 is 10.1 Å². The molecule has 110 valence electrons. The zero-order chi connectivity index (χ0) is 14.7. The lowest BCUT2D eigenvalue weighted by Gasteiger charge is -2.10. The van der Waals surface area contributed by atoms with Crippen molar-refractivity contribution < 1.29 is 4.74 Å². The van der Waals surface area contributed by atoms with Crippen molar-refractivity contribution >= 4 is 31.9 Å². The number of pyridine rings is 1. The van der Waals surface area contributed by atoms with Crippen molar-refractivity contribution in [1.82, 2.24) is 10.3 Å². The summed E-state index contributed by atoms with van der Waals surface area (Å²) in [6.45, 7) is 1.35. The maximum Gasteiger partial charge on any atom is 0.130 e. The fourth-order valence-corrected chi connectivity index (χ4v) is 2.59. The number of hydrogen-bond donors (Lipinski definition) is 1. The van der Waals surface area contributed by atoms with Crippen molar-refractivity contribution in [3.05, 3.63) is 56.7 Å². The van der Waals surface area contributed by atoms with Gasteiger partial charge in [-0.05, 0) is 64.7 Å². The quantitative estimate of drug-likeness (QED) is 0.762. The van der Waals surface area contributed by atoms with E-state index in [1.165, 1.54) is 18.4 Å². The Morgan fingerprint density at radius 1 is 1.19 bits per heavy atom. The highest BCUT2D eigenvalue weighted by Crippen LogP contribution is 2.25. The molecule has 0 amide bonds. The molecule has 1 saturated carbocycles. The Bertz CT molecular complexity index is 612. The molecule has 1 heterocycles. The third-order valence-electron chi connectivity index (χ3n) is 3.35. The van der Waals surface area contributed by atoms with Gasteiger partial charge >= 0.3 is 0 Å². The lowest BCUT2D eigenvalue weighted by molar-refractivity contribution is 0.301. The summed E-state index contributed by atoms with van der Waals surface area (Å²) in [6, 6.07) is 10.7. The molecule has 5 heteroatoms. The number of hydrogen-bond acceptors (Lipinski definition) is 3. The van der Waals surface area contributed by atoms with E-state index >= 15 is 0 Å². The fraction of sp³-hybridized carbons (Fsp3) is 0.312. The van der Waals surface area contributed by atoms with E-state index in [4.69, 9.17) is 4.74 Å². The van der Waals surface area contributed by atoms with Gasteiger partial charge in [0.1, 0.15) is 12.4 Å². The molecule has 0 unspecified atom stereocenters. The van der Waals surface area contributed by atoms with Gasteiger partial charge in [0.2, 0.25) is 0 Å². The Morgan fingerprint density at radius 2 is 2.05 bits per heavy atom. The summed E-state index contributed by atoms with van der Waals surface area (Å²) in [5.41, 5.74) is 2.14. The molecule has 21 heavy (non-hydrogen) atoms. The fourth-order valence-electron chi connectivity index (χ4n) is 1.97. The molecule has 1 aliphatic carbocycles. The van der Waals surface area contributed by atoms with Crippen molar-refractivity contribution in [2.24, 2.45) is 0 Å². The smallest absolute Gasteiger partial charge is 0.130 e. The first-order valence-corrected chi connectivity index (χ1v) is 8.54. The van der Waals surface area contributed by atoms with Crippen LogP contribution in [0.3, 0.4) is 0 Å². The van der Waals surface area contributed by atoms with Gasteiger partial charge in [0.15, 0.2) is 0 Å². The maximum atomic E-state index is 5.82. The largest absolute Gasteiger partial charge is 0.487 e. The topological polar surface area (TPSA) is 34.1 Å². The summed E-state index contributed by atoms with van der Waals surface area (Å²) < 4.78 is 7.91. The first-order valence-electron chi connectivity index (χ1n) is 6.96. The van der Waals surface area contributed by atoms with Crippen LogP contribution in [0.2, 0.25) is 0 Å². The number of nitrogens with zero attached hydrogens (tertiary/aromatic N) is 1. The van der Waals surface area contributed by atoms with Crippen molar-refractivity contribution in [3.8, 4) is 5.75 Å². The summed E-state index contributed by atoms with van der Waals surface area (Å²) in [5, 5.41) is 3.52. The number of rotatable bonds is 6. The van der Waals surface area contributed by atoms with E-state index in [-0.39, 0.29) is 0 Å². The summed E-state index contributed by atoms with van der Waals surface area (Å²) >= 11 is 6.97. The van der Waals surface area contributed by atoms with Crippen molar-refractivity contribution in [2.75, 3.05) is 0 Å². The Balaban J connectivity index is 1.61. The molecule has 0 saturated heterocycles. The van der Waals surface area contributed by atoms with Crippen LogP contribution in [-0.4, -0.2) is 11.0 Å². The van der Waals surface area contributed by atoms with Gasteiger partial charge in [-0.3, -0.25) is 4.98 Å². The zero-order valence-corrected chi connectivity index (χ0v) is 14.7. The van der Waals surface area contributed by atoms with E-state index in [0.717, 1.165) is 26.9 Å². The Kier molecular flexibility index (Phi) is 4.93. The van der Waals surface area contributed by atoms with Gasteiger partial charge in [-0.2, -0.15) is 0 Å². The molecule has 0 radical (unpaired) electrons. The van der Waals surface area contributed by atoms with Crippen LogP contribution in [0.4, 0.5) is 0 Å². The predicted molar refractivity (Wildman–Crippen MR) is 90.3 cm³/mol. The monoisotopic (exact) mass is 410 g/mol. The second kappa shape index (κ2) is 6.90. The van der Waals surface area contributed by atoms with Gasteiger partial charge < -0.3 is 10.1 Å². The Labute approximate surface area is 141 Å². The third-order valence-corrected chi connectivity index (χ3v) is 4.59. The minimum Gasteiger partial charge on any atom is -0.487 e. The SMILES string of the molecule is Brc1ccc(COc2ccc(Br)c(CNC3CC3)c2)nc1. The maximum absolute atomic E-state index is 5.82. The second-order valence-electron chi connectivity index (χ2n) is 5.16. The first kappa shape index (κ1) is 15.0. The van der Waals surface area contributed by atoms with Crippen LogP contribution in [0.1, 0.15) is 24.1 Å². The molecule has 0 bridgehead atoms. The van der Waals surface area contributed by atoms with Crippen LogP contribution >= 0.6 is 31.9 Å². The number of aromatic nitrogens is 1. The van der Waals surface area contributed by atoms with E-state index < -0.39 is 0 Å². The van der Waals surface area contributed by atoms with Crippen LogP contribution in [0, 0.1) is 0 Å². The average molecular weight is 412 g/mol. The van der Waals surface area contributed by atoms with Crippen LogP contribution in [0.25, 0.3) is 0 Å². The van der Waals surface area contributed by atoms with Gasteiger partial charge in [-0.15, -0.1) is 0 Å². The minimum absolute atomic E-state index is 0.477. The van der Waals surface area contributed by atoms with Crippen LogP contribution in [0.15, 0.2) is 45.5 Å². The molecule has 1 N–H and O–H groups in total. The van der Waals surface area contributed by atoms with Gasteiger partial charge in [-0.1, -0.05) is 15.9 Å². The predicted octanol–water partition coefficient (Wildman–Crippen LogP) is 4.44. The third kappa shape index (κ3) is 4.53. The Hall–Kier alpha value is -0.910. The highest BCUT2D eigenvalue weighted by molar-refractivity contribution is 9.10. The first-order chi connectivity index (χ1) is 10.2. The molecule has 1 aliphatic rings. The molecule has 0 atom stereocenters. The Morgan fingerprint density at radius 3 is 2.76 bits per heavy atom. The molecule has 1 fully saturated rings. The number of benzene rings is 1. The molecule has 1 aromatic carbocycles. The lowest BCUT2D eigenvalue weighted by Crippen LogP contribution is -2.15. The molecule has 3 nitrogen and oxygen atoms in total. The molecular weight excluding hydrogens is 396 g/mol. The van der Waals surface area contributed by atoms with E-state index in [0.29, 0.717) is 12.6 Å². The van der Waals surface area contributed by atoms with Gasteiger partial charge in [0.05, 0.1) is 5.69 Å². The van der Waals surface area contributed by atoms with Gasteiger partial charge in [0, 0.05) is 27.7 Å². The molecule has 3 rings (SSSR count). The standard InChI is InChI=1S/C16H16Br2N2O/c17-12-1-2-14(20-9-12)10-21-15-5-6-16(18)11(7-15)8-19-13-3-4-13/h1-2,5-7,9,13,19H,3-4,8,10H2. The van der Waals surface area contributed by atoms with Crippen LogP contribution in [0.5, 0.6) is 5.75 Å². The molecule has 0 aliphatic heterocycles. The summed E-state index contributed by atoms with van der Waals surface area (Å²) in [6.07, 6.45) is 4.37. The van der Waals surface area contributed by atoms with Crippen molar-refractivity contribution in [3.63, 3.8) is 0 Å². The van der Waals surface area contributed by atoms with Crippen molar-refractivity contribution in [1.29, 1.82) is 0 Å². The van der Waals surface area contributed by atoms with Gasteiger partial charge in [0.25, 0.3) is 0 Å². The van der Waals surface area contributed by atoms with E-state index in [1.54, 1.807) is 6.20 Å². The minimum atomic E-state index is 0.477. The molecule has 1 aromatic heterocycles. The highest BCUT2D eigenvalue weighted by Gasteiger charge is 2.20. The number of halogens is 2. The van der Waals surface area contributed by atoms with Crippen LogP contribution in [-0.2, 0) is 13.2 Å².